The molecule has 1 unspecified atom stereocenters. The molecule has 3 rings (SSSR count). The Hall–Kier alpha value is -1.24. The molecule has 1 N–H and O–H groups in total. The van der Waals surface area contributed by atoms with E-state index >= 15 is 0 Å². The fourth-order valence-corrected chi connectivity index (χ4v) is 2.37. The highest BCUT2D eigenvalue weighted by Crippen LogP contribution is 2.39. The minimum atomic E-state index is 0.603. The molecule has 0 radical (unpaired) electrons. The normalized spacial score (nSPS) is 24.3. The second kappa shape index (κ2) is 2.63. The standard InChI is InChI=1S/C12H13N/c1-3-7-11-9(5-1)10-6-2-4-8-12(10)13-11/h1,3,5-7,12-13H,2,4,8H2. The minimum absolute atomic E-state index is 0.603. The summed E-state index contributed by atoms with van der Waals surface area (Å²) in [6.07, 6.45) is 6.27. The topological polar surface area (TPSA) is 12.0 Å². The minimum Gasteiger partial charge on any atom is -0.378 e. The molecule has 0 aromatic heterocycles. The van der Waals surface area contributed by atoms with Crippen LogP contribution in [0.2, 0.25) is 0 Å². The average Bonchev–Trinajstić information content (AvgIpc) is 2.56. The highest BCUT2D eigenvalue weighted by Gasteiger charge is 2.26. The number of anilines is 1. The molecule has 0 bridgehead atoms. The van der Waals surface area contributed by atoms with Crippen molar-refractivity contribution < 1.29 is 0 Å². The summed E-state index contributed by atoms with van der Waals surface area (Å²) in [5, 5.41) is 3.57. The van der Waals surface area contributed by atoms with Crippen molar-refractivity contribution in [3.05, 3.63) is 35.9 Å². The van der Waals surface area contributed by atoms with E-state index < -0.39 is 0 Å². The number of benzene rings is 1. The molecule has 13 heavy (non-hydrogen) atoms. The zero-order valence-electron chi connectivity index (χ0n) is 7.59. The molecule has 0 spiro atoms. The molecule has 1 atom stereocenters. The lowest BCUT2D eigenvalue weighted by molar-refractivity contribution is 0.697. The number of fused-ring (bicyclic) bond motifs is 3. The summed E-state index contributed by atoms with van der Waals surface area (Å²) in [6.45, 7) is 0. The quantitative estimate of drug-likeness (QED) is 0.632. The first-order chi connectivity index (χ1) is 6.45. The SMILES string of the molecule is C1=C2c3ccccc3NC2CCC1. The first kappa shape index (κ1) is 7.19. The summed E-state index contributed by atoms with van der Waals surface area (Å²) < 4.78 is 0. The van der Waals surface area contributed by atoms with Crippen molar-refractivity contribution in [3.63, 3.8) is 0 Å². The maximum atomic E-state index is 3.57. The molecular weight excluding hydrogens is 158 g/mol. The van der Waals surface area contributed by atoms with Gasteiger partial charge >= 0.3 is 0 Å². The molecule has 1 nitrogen and oxygen atoms in total. The number of rotatable bonds is 0. The molecule has 0 amide bonds. The van der Waals surface area contributed by atoms with Gasteiger partial charge in [0.05, 0.1) is 6.04 Å². The molecule has 1 aromatic carbocycles. The van der Waals surface area contributed by atoms with Gasteiger partial charge in [-0.3, -0.25) is 0 Å². The van der Waals surface area contributed by atoms with Crippen LogP contribution in [0.4, 0.5) is 5.69 Å². The predicted octanol–water partition coefficient (Wildman–Crippen LogP) is 3.05. The third kappa shape index (κ3) is 0.998. The van der Waals surface area contributed by atoms with Gasteiger partial charge in [0.25, 0.3) is 0 Å². The first-order valence-corrected chi connectivity index (χ1v) is 5.01. The molecule has 1 aliphatic carbocycles. The summed E-state index contributed by atoms with van der Waals surface area (Å²) in [4.78, 5) is 0. The summed E-state index contributed by atoms with van der Waals surface area (Å²) >= 11 is 0. The van der Waals surface area contributed by atoms with E-state index in [1.807, 2.05) is 0 Å². The van der Waals surface area contributed by atoms with Crippen LogP contribution >= 0.6 is 0 Å². The number of para-hydroxylation sites is 1. The average molecular weight is 171 g/mol. The van der Waals surface area contributed by atoms with E-state index in [2.05, 4.69) is 35.7 Å². The Bertz CT molecular complexity index is 365. The Balaban J connectivity index is 2.13. The van der Waals surface area contributed by atoms with Crippen LogP contribution < -0.4 is 5.32 Å². The fourth-order valence-electron chi connectivity index (χ4n) is 2.37. The van der Waals surface area contributed by atoms with Gasteiger partial charge in [0.1, 0.15) is 0 Å². The van der Waals surface area contributed by atoms with Crippen LogP contribution in [-0.4, -0.2) is 6.04 Å². The van der Waals surface area contributed by atoms with Crippen molar-refractivity contribution in [2.75, 3.05) is 5.32 Å². The number of hydrogen-bond donors (Lipinski definition) is 1. The Labute approximate surface area is 78.5 Å². The van der Waals surface area contributed by atoms with Crippen molar-refractivity contribution in [2.24, 2.45) is 0 Å². The lowest BCUT2D eigenvalue weighted by atomic mass is 9.92. The van der Waals surface area contributed by atoms with Crippen LogP contribution in [0.1, 0.15) is 24.8 Å². The van der Waals surface area contributed by atoms with E-state index in [1.54, 1.807) is 0 Å². The molecule has 66 valence electrons. The maximum absolute atomic E-state index is 3.57. The summed E-state index contributed by atoms with van der Waals surface area (Å²) in [6, 6.07) is 9.22. The smallest absolute Gasteiger partial charge is 0.0517 e. The third-order valence-corrected chi connectivity index (χ3v) is 3.00. The van der Waals surface area contributed by atoms with E-state index in [0.29, 0.717) is 6.04 Å². The van der Waals surface area contributed by atoms with Crippen molar-refractivity contribution in [2.45, 2.75) is 25.3 Å². The van der Waals surface area contributed by atoms with Gasteiger partial charge < -0.3 is 5.32 Å². The van der Waals surface area contributed by atoms with Gasteiger partial charge in [-0.2, -0.15) is 0 Å². The van der Waals surface area contributed by atoms with Crippen LogP contribution in [0, 0.1) is 0 Å². The van der Waals surface area contributed by atoms with Gasteiger partial charge in [-0.05, 0) is 30.9 Å². The molecule has 1 heteroatoms. The zero-order valence-corrected chi connectivity index (χ0v) is 7.59. The number of nitrogens with one attached hydrogen (secondary N) is 1. The van der Waals surface area contributed by atoms with E-state index in [-0.39, 0.29) is 0 Å². The molecule has 0 fully saturated rings. The van der Waals surface area contributed by atoms with Gasteiger partial charge in [0, 0.05) is 11.3 Å². The Kier molecular flexibility index (Phi) is 1.45. The van der Waals surface area contributed by atoms with Gasteiger partial charge in [0.15, 0.2) is 0 Å². The second-order valence-electron chi connectivity index (χ2n) is 3.83. The van der Waals surface area contributed by atoms with E-state index in [4.69, 9.17) is 0 Å². The maximum Gasteiger partial charge on any atom is 0.0517 e. The van der Waals surface area contributed by atoms with E-state index in [9.17, 15) is 0 Å². The Morgan fingerprint density at radius 3 is 3.15 bits per heavy atom. The number of hydrogen-bond acceptors (Lipinski definition) is 1. The molecule has 0 saturated heterocycles. The summed E-state index contributed by atoms with van der Waals surface area (Å²) in [5.74, 6) is 0. The Morgan fingerprint density at radius 2 is 2.15 bits per heavy atom. The van der Waals surface area contributed by atoms with Crippen LogP contribution in [0.3, 0.4) is 0 Å². The van der Waals surface area contributed by atoms with Gasteiger partial charge in [0.2, 0.25) is 0 Å². The highest BCUT2D eigenvalue weighted by molar-refractivity contribution is 5.86. The van der Waals surface area contributed by atoms with Crippen LogP contribution in [-0.2, 0) is 0 Å². The lowest BCUT2D eigenvalue weighted by Gasteiger charge is -2.17. The van der Waals surface area contributed by atoms with Crippen molar-refractivity contribution >= 4 is 11.3 Å². The number of allylic oxidation sites excluding steroid dienone is 1. The third-order valence-electron chi connectivity index (χ3n) is 3.00. The van der Waals surface area contributed by atoms with Crippen molar-refractivity contribution in [1.29, 1.82) is 0 Å². The van der Waals surface area contributed by atoms with E-state index in [1.165, 1.54) is 36.1 Å². The molecule has 2 aliphatic rings. The summed E-state index contributed by atoms with van der Waals surface area (Å²) in [7, 11) is 0. The fraction of sp³-hybridized carbons (Fsp3) is 0.333. The van der Waals surface area contributed by atoms with Crippen LogP contribution in [0.5, 0.6) is 0 Å². The molecule has 1 aromatic rings. The van der Waals surface area contributed by atoms with Crippen LogP contribution in [0.25, 0.3) is 5.57 Å². The van der Waals surface area contributed by atoms with Gasteiger partial charge in [-0.15, -0.1) is 0 Å². The van der Waals surface area contributed by atoms with Gasteiger partial charge in [-0.1, -0.05) is 24.3 Å². The zero-order chi connectivity index (χ0) is 8.67. The highest BCUT2D eigenvalue weighted by atomic mass is 15.0. The Morgan fingerprint density at radius 1 is 1.23 bits per heavy atom. The largest absolute Gasteiger partial charge is 0.378 e. The second-order valence-corrected chi connectivity index (χ2v) is 3.83. The molecular formula is C12H13N. The van der Waals surface area contributed by atoms with Gasteiger partial charge in [-0.25, -0.2) is 0 Å². The van der Waals surface area contributed by atoms with E-state index in [0.717, 1.165) is 0 Å². The first-order valence-electron chi connectivity index (χ1n) is 5.01. The van der Waals surface area contributed by atoms with Crippen LogP contribution in [0.15, 0.2) is 30.3 Å². The monoisotopic (exact) mass is 171 g/mol. The molecule has 0 saturated carbocycles. The molecule has 1 aliphatic heterocycles. The van der Waals surface area contributed by atoms with Crippen molar-refractivity contribution in [3.8, 4) is 0 Å². The molecule has 1 heterocycles. The van der Waals surface area contributed by atoms with Crippen molar-refractivity contribution in [1.82, 2.24) is 0 Å². The predicted molar refractivity (Wildman–Crippen MR) is 55.7 cm³/mol. The summed E-state index contributed by atoms with van der Waals surface area (Å²) in [5.41, 5.74) is 4.27. The lowest BCUT2D eigenvalue weighted by Crippen LogP contribution is -2.16.